The van der Waals surface area contributed by atoms with Gasteiger partial charge in [0.15, 0.2) is 0 Å². The number of likely N-dealkylation sites (tertiary alicyclic amines) is 1. The van der Waals surface area contributed by atoms with Crippen molar-refractivity contribution in [3.8, 4) is 0 Å². The van der Waals surface area contributed by atoms with Crippen molar-refractivity contribution in [1.82, 2.24) is 4.90 Å². The van der Waals surface area contributed by atoms with E-state index in [-0.39, 0.29) is 0 Å². The maximum atomic E-state index is 11.5. The lowest BCUT2D eigenvalue weighted by Crippen LogP contribution is -2.39. The third-order valence-corrected chi connectivity index (χ3v) is 4.87. The molecule has 0 amide bonds. The average molecular weight is 283 g/mol. The average Bonchev–Trinajstić information content (AvgIpc) is 2.88. The first-order valence-corrected chi connectivity index (χ1v) is 8.32. The number of benzene rings is 1. The number of aryl methyl sites for hydroxylation is 1. The van der Waals surface area contributed by atoms with E-state index in [1.54, 1.807) is 0 Å². The summed E-state index contributed by atoms with van der Waals surface area (Å²) in [5, 5.41) is -0.723. The van der Waals surface area contributed by atoms with Crippen molar-refractivity contribution >= 4 is 10.1 Å². The quantitative estimate of drug-likeness (QED) is 0.814. The van der Waals surface area contributed by atoms with Gasteiger partial charge in [-0.2, -0.15) is 8.42 Å². The number of hydrogen-bond donors (Lipinski definition) is 1. The van der Waals surface area contributed by atoms with Gasteiger partial charge < -0.3 is 0 Å². The summed E-state index contributed by atoms with van der Waals surface area (Å²) >= 11 is 0. The zero-order valence-electron chi connectivity index (χ0n) is 11.0. The molecule has 1 N–H and O–H groups in total. The first kappa shape index (κ1) is 14.5. The van der Waals surface area contributed by atoms with Gasteiger partial charge in [0.05, 0.1) is 0 Å². The topological polar surface area (TPSA) is 57.6 Å². The standard InChI is InChI=1S/C14H21NO3S/c16-19(17,18)14(15-11-4-5-12-15)10-6-9-13-7-2-1-3-8-13/h1-3,7-8,14H,4-6,9-12H2,(H,16,17,18). The third kappa shape index (κ3) is 4.30. The molecule has 1 aliphatic rings. The Labute approximate surface area is 115 Å². The molecule has 4 nitrogen and oxygen atoms in total. The number of nitrogens with zero attached hydrogens (tertiary/aromatic N) is 1. The summed E-state index contributed by atoms with van der Waals surface area (Å²) in [4.78, 5) is 1.89. The second-order valence-electron chi connectivity index (χ2n) is 5.09. The van der Waals surface area contributed by atoms with Crippen molar-refractivity contribution < 1.29 is 13.0 Å². The molecule has 1 unspecified atom stereocenters. The summed E-state index contributed by atoms with van der Waals surface area (Å²) in [6.07, 6.45) is 4.15. The lowest BCUT2D eigenvalue weighted by molar-refractivity contribution is 0.273. The van der Waals surface area contributed by atoms with E-state index in [0.717, 1.165) is 38.8 Å². The Morgan fingerprint density at radius 3 is 2.37 bits per heavy atom. The van der Waals surface area contributed by atoms with E-state index in [4.69, 9.17) is 0 Å². The highest BCUT2D eigenvalue weighted by atomic mass is 32.2. The van der Waals surface area contributed by atoms with Crippen LogP contribution in [0, 0.1) is 0 Å². The fraction of sp³-hybridized carbons (Fsp3) is 0.571. The summed E-state index contributed by atoms with van der Waals surface area (Å²) in [5.74, 6) is 0. The lowest BCUT2D eigenvalue weighted by atomic mass is 10.1. The zero-order chi connectivity index (χ0) is 13.7. The Hall–Kier alpha value is -0.910. The smallest absolute Gasteiger partial charge is 0.281 e. The van der Waals surface area contributed by atoms with Gasteiger partial charge >= 0.3 is 0 Å². The Balaban J connectivity index is 1.90. The molecule has 1 heterocycles. The maximum absolute atomic E-state index is 11.5. The molecule has 5 heteroatoms. The van der Waals surface area contributed by atoms with Crippen LogP contribution in [0.25, 0.3) is 0 Å². The summed E-state index contributed by atoms with van der Waals surface area (Å²) < 4.78 is 32.3. The first-order chi connectivity index (χ1) is 9.07. The second-order valence-corrected chi connectivity index (χ2v) is 6.66. The van der Waals surface area contributed by atoms with Gasteiger partial charge in [-0.15, -0.1) is 0 Å². The molecular formula is C14H21NO3S. The van der Waals surface area contributed by atoms with Crippen molar-refractivity contribution in [2.45, 2.75) is 37.5 Å². The van der Waals surface area contributed by atoms with E-state index >= 15 is 0 Å². The minimum absolute atomic E-state index is 0.494. The lowest BCUT2D eigenvalue weighted by Gasteiger charge is -2.24. The van der Waals surface area contributed by atoms with Crippen LogP contribution in [0.15, 0.2) is 30.3 Å². The molecule has 0 aromatic heterocycles. The maximum Gasteiger partial charge on any atom is 0.281 e. The number of rotatable bonds is 6. The largest absolute Gasteiger partial charge is 0.285 e. The molecule has 1 atom stereocenters. The molecule has 0 bridgehead atoms. The summed E-state index contributed by atoms with van der Waals surface area (Å²) in [6.45, 7) is 1.55. The van der Waals surface area contributed by atoms with Crippen molar-refractivity contribution in [2.75, 3.05) is 13.1 Å². The molecule has 1 saturated heterocycles. The molecule has 0 saturated carbocycles. The molecule has 106 valence electrons. The predicted molar refractivity (Wildman–Crippen MR) is 75.5 cm³/mol. The predicted octanol–water partition coefficient (Wildman–Crippen LogP) is 2.32. The van der Waals surface area contributed by atoms with Gasteiger partial charge in [0.25, 0.3) is 10.1 Å². The molecular weight excluding hydrogens is 262 g/mol. The van der Waals surface area contributed by atoms with Crippen LogP contribution in [-0.2, 0) is 16.5 Å². The minimum Gasteiger partial charge on any atom is -0.285 e. The van der Waals surface area contributed by atoms with Crippen molar-refractivity contribution in [3.05, 3.63) is 35.9 Å². The number of hydrogen-bond acceptors (Lipinski definition) is 3. The minimum atomic E-state index is -3.98. The molecule has 0 radical (unpaired) electrons. The zero-order valence-corrected chi connectivity index (χ0v) is 11.8. The summed E-state index contributed by atoms with van der Waals surface area (Å²) in [7, 11) is -3.98. The Bertz CT molecular complexity index is 481. The molecule has 1 fully saturated rings. The van der Waals surface area contributed by atoms with E-state index in [0.29, 0.717) is 6.42 Å². The summed E-state index contributed by atoms with van der Waals surface area (Å²) in [5.41, 5.74) is 1.21. The molecule has 0 spiro atoms. The highest BCUT2D eigenvalue weighted by molar-refractivity contribution is 7.86. The second kappa shape index (κ2) is 6.50. The summed E-state index contributed by atoms with van der Waals surface area (Å²) in [6, 6.07) is 10.0. The van der Waals surface area contributed by atoms with Crippen molar-refractivity contribution in [1.29, 1.82) is 0 Å². The van der Waals surface area contributed by atoms with Gasteiger partial charge in [-0.3, -0.25) is 9.45 Å². The van der Waals surface area contributed by atoms with E-state index in [1.165, 1.54) is 5.56 Å². The van der Waals surface area contributed by atoms with Gasteiger partial charge in [0.1, 0.15) is 5.37 Å². The Morgan fingerprint density at radius 2 is 1.79 bits per heavy atom. The van der Waals surface area contributed by atoms with E-state index < -0.39 is 15.5 Å². The van der Waals surface area contributed by atoms with Crippen LogP contribution >= 0.6 is 0 Å². The third-order valence-electron chi connectivity index (χ3n) is 3.65. The monoisotopic (exact) mass is 283 g/mol. The highest BCUT2D eigenvalue weighted by Gasteiger charge is 2.31. The van der Waals surface area contributed by atoms with Gasteiger partial charge in [-0.25, -0.2) is 0 Å². The van der Waals surface area contributed by atoms with Crippen LogP contribution in [0.1, 0.15) is 31.2 Å². The van der Waals surface area contributed by atoms with Crippen LogP contribution in [0.5, 0.6) is 0 Å². The Morgan fingerprint density at radius 1 is 1.16 bits per heavy atom. The molecule has 2 rings (SSSR count). The van der Waals surface area contributed by atoms with Gasteiger partial charge in [0, 0.05) is 0 Å². The molecule has 19 heavy (non-hydrogen) atoms. The fourth-order valence-corrected chi connectivity index (χ4v) is 3.73. The van der Waals surface area contributed by atoms with Crippen LogP contribution in [0.2, 0.25) is 0 Å². The van der Waals surface area contributed by atoms with Crippen LogP contribution in [0.3, 0.4) is 0 Å². The molecule has 1 aromatic rings. The molecule has 0 aliphatic carbocycles. The van der Waals surface area contributed by atoms with E-state index in [9.17, 15) is 13.0 Å². The highest BCUT2D eigenvalue weighted by Crippen LogP contribution is 2.20. The molecule has 1 aliphatic heterocycles. The van der Waals surface area contributed by atoms with Gasteiger partial charge in [-0.1, -0.05) is 30.3 Å². The van der Waals surface area contributed by atoms with E-state index in [2.05, 4.69) is 0 Å². The Kier molecular flexibility index (Phi) is 4.96. The van der Waals surface area contributed by atoms with Crippen LogP contribution in [-0.4, -0.2) is 36.3 Å². The van der Waals surface area contributed by atoms with Crippen molar-refractivity contribution in [2.24, 2.45) is 0 Å². The van der Waals surface area contributed by atoms with Gasteiger partial charge in [-0.05, 0) is 50.8 Å². The SMILES string of the molecule is O=S(=O)(O)C(CCCc1ccccc1)N1CCCC1. The van der Waals surface area contributed by atoms with Crippen molar-refractivity contribution in [3.63, 3.8) is 0 Å². The van der Waals surface area contributed by atoms with E-state index in [1.807, 2.05) is 35.2 Å². The van der Waals surface area contributed by atoms with Crippen LogP contribution < -0.4 is 0 Å². The van der Waals surface area contributed by atoms with Gasteiger partial charge in [0.2, 0.25) is 0 Å². The first-order valence-electron chi connectivity index (χ1n) is 6.81. The molecule has 1 aromatic carbocycles. The fourth-order valence-electron chi connectivity index (χ4n) is 2.67. The normalized spacial score (nSPS) is 18.6. The van der Waals surface area contributed by atoms with Crippen LogP contribution in [0.4, 0.5) is 0 Å².